The molecule has 0 aliphatic rings. The number of hydrogen-bond donors (Lipinski definition) is 3. The highest BCUT2D eigenvalue weighted by atomic mass is 127. The molecule has 110 valence electrons. The van der Waals surface area contributed by atoms with Gasteiger partial charge in [0.2, 0.25) is 0 Å². The number of carboxylic acids is 1. The Hall–Kier alpha value is -1.31. The van der Waals surface area contributed by atoms with E-state index < -0.39 is 5.97 Å². The number of hydrogen-bond acceptors (Lipinski definition) is 2. The summed E-state index contributed by atoms with van der Waals surface area (Å²) in [6, 6.07) is 7.37. The van der Waals surface area contributed by atoms with Gasteiger partial charge in [-0.3, -0.25) is 4.79 Å². The van der Waals surface area contributed by atoms with Crippen molar-refractivity contribution >= 4 is 40.3 Å². The van der Waals surface area contributed by atoms with Crippen LogP contribution in [0.15, 0.2) is 24.3 Å². The number of benzene rings is 1. The number of nitrogens with one attached hydrogen (secondary N) is 2. The van der Waals surface area contributed by atoms with Gasteiger partial charge in [0.25, 0.3) is 0 Å². The van der Waals surface area contributed by atoms with Crippen molar-refractivity contribution < 1.29 is 14.7 Å². The van der Waals surface area contributed by atoms with Crippen LogP contribution in [0.1, 0.15) is 32.1 Å². The molecule has 20 heavy (non-hydrogen) atoms. The van der Waals surface area contributed by atoms with Gasteiger partial charge in [-0.2, -0.15) is 0 Å². The van der Waals surface area contributed by atoms with E-state index in [0.717, 1.165) is 28.5 Å². The molecule has 0 fully saturated rings. The van der Waals surface area contributed by atoms with Crippen molar-refractivity contribution in [3.63, 3.8) is 0 Å². The lowest BCUT2D eigenvalue weighted by atomic mass is 10.1. The number of rotatable bonds is 8. The van der Waals surface area contributed by atoms with E-state index in [1.165, 1.54) is 0 Å². The number of anilines is 1. The maximum atomic E-state index is 11.6. The van der Waals surface area contributed by atoms with Crippen LogP contribution in [0.5, 0.6) is 0 Å². The Kier molecular flexibility index (Phi) is 8.01. The van der Waals surface area contributed by atoms with Crippen LogP contribution in [0.2, 0.25) is 0 Å². The maximum absolute atomic E-state index is 11.6. The summed E-state index contributed by atoms with van der Waals surface area (Å²) in [5.74, 6) is -0.750. The molecule has 0 aliphatic carbocycles. The minimum Gasteiger partial charge on any atom is -0.481 e. The molecule has 0 aliphatic heterocycles. The highest BCUT2D eigenvalue weighted by Crippen LogP contribution is 2.12. The molecule has 0 aromatic heterocycles. The van der Waals surface area contributed by atoms with Crippen molar-refractivity contribution in [2.75, 3.05) is 11.9 Å². The first-order chi connectivity index (χ1) is 9.58. The monoisotopic (exact) mass is 390 g/mol. The quantitative estimate of drug-likeness (QED) is 0.470. The first-order valence-electron chi connectivity index (χ1n) is 6.60. The lowest BCUT2D eigenvalue weighted by Crippen LogP contribution is -2.29. The van der Waals surface area contributed by atoms with Crippen LogP contribution >= 0.6 is 22.6 Å². The van der Waals surface area contributed by atoms with Crippen LogP contribution in [0.4, 0.5) is 10.5 Å². The van der Waals surface area contributed by atoms with Gasteiger partial charge < -0.3 is 15.7 Å². The molecule has 0 saturated carbocycles. The minimum atomic E-state index is -0.750. The number of carbonyl (C=O) groups is 2. The van der Waals surface area contributed by atoms with Gasteiger partial charge in [0, 0.05) is 22.2 Å². The zero-order chi connectivity index (χ0) is 14.8. The summed E-state index contributed by atoms with van der Waals surface area (Å²) in [7, 11) is 0. The van der Waals surface area contributed by atoms with E-state index >= 15 is 0 Å². The van der Waals surface area contributed by atoms with Crippen LogP contribution in [-0.4, -0.2) is 23.7 Å². The summed E-state index contributed by atoms with van der Waals surface area (Å²) in [4.78, 5) is 21.9. The van der Waals surface area contributed by atoms with E-state index in [2.05, 4.69) is 33.2 Å². The molecule has 5 nitrogen and oxygen atoms in total. The second kappa shape index (κ2) is 9.57. The zero-order valence-electron chi connectivity index (χ0n) is 11.2. The third kappa shape index (κ3) is 7.98. The Morgan fingerprint density at radius 2 is 1.90 bits per heavy atom. The lowest BCUT2D eigenvalue weighted by Gasteiger charge is -2.07. The third-order valence-corrected chi connectivity index (χ3v) is 3.36. The molecule has 1 rings (SSSR count). The fourth-order valence-electron chi connectivity index (χ4n) is 1.70. The second-order valence-corrected chi connectivity index (χ2v) is 5.69. The summed E-state index contributed by atoms with van der Waals surface area (Å²) < 4.78 is 1.07. The molecular weight excluding hydrogens is 371 g/mol. The topological polar surface area (TPSA) is 78.4 Å². The molecule has 6 heteroatoms. The summed E-state index contributed by atoms with van der Waals surface area (Å²) in [6.45, 7) is 0.600. The molecule has 0 heterocycles. The van der Waals surface area contributed by atoms with Gasteiger partial charge >= 0.3 is 12.0 Å². The predicted octanol–water partition coefficient (Wildman–Crippen LogP) is 3.45. The van der Waals surface area contributed by atoms with Crippen molar-refractivity contribution in [1.29, 1.82) is 0 Å². The average Bonchev–Trinajstić information content (AvgIpc) is 2.37. The molecule has 0 spiro atoms. The minimum absolute atomic E-state index is 0.211. The molecule has 0 bridgehead atoms. The number of unbranched alkanes of at least 4 members (excludes halogenated alkanes) is 3. The highest BCUT2D eigenvalue weighted by Gasteiger charge is 2.01. The SMILES string of the molecule is O=C(O)CCCCCCNC(=O)Nc1cccc(I)c1. The molecular formula is C14H19IN2O3. The van der Waals surface area contributed by atoms with E-state index in [1.54, 1.807) is 0 Å². The van der Waals surface area contributed by atoms with Crippen LogP contribution in [0.25, 0.3) is 0 Å². The zero-order valence-corrected chi connectivity index (χ0v) is 13.4. The Labute approximate surface area is 132 Å². The molecule has 1 aromatic rings. The standard InChI is InChI=1S/C14H19IN2O3/c15-11-6-5-7-12(10-11)17-14(20)16-9-4-2-1-3-8-13(18)19/h5-7,10H,1-4,8-9H2,(H,18,19)(H2,16,17,20). The number of carboxylic acid groups (broad SMARTS) is 1. The Balaban J connectivity index is 2.07. The molecule has 0 atom stereocenters. The fraction of sp³-hybridized carbons (Fsp3) is 0.429. The van der Waals surface area contributed by atoms with Crippen molar-refractivity contribution in [1.82, 2.24) is 5.32 Å². The molecule has 0 radical (unpaired) electrons. The number of carbonyl (C=O) groups excluding carboxylic acids is 1. The van der Waals surface area contributed by atoms with Crippen LogP contribution in [0, 0.1) is 3.57 Å². The Morgan fingerprint density at radius 3 is 2.60 bits per heavy atom. The molecule has 0 saturated heterocycles. The number of urea groups is 1. The normalized spacial score (nSPS) is 10.1. The Morgan fingerprint density at radius 1 is 1.15 bits per heavy atom. The average molecular weight is 390 g/mol. The lowest BCUT2D eigenvalue weighted by molar-refractivity contribution is -0.137. The molecule has 1 aromatic carbocycles. The van der Waals surface area contributed by atoms with E-state index in [1.807, 2.05) is 24.3 Å². The van der Waals surface area contributed by atoms with Gasteiger partial charge in [-0.1, -0.05) is 18.9 Å². The van der Waals surface area contributed by atoms with Gasteiger partial charge in [0.05, 0.1) is 0 Å². The smallest absolute Gasteiger partial charge is 0.319 e. The number of amides is 2. The van der Waals surface area contributed by atoms with E-state index in [9.17, 15) is 9.59 Å². The first-order valence-corrected chi connectivity index (χ1v) is 7.68. The van der Waals surface area contributed by atoms with Crippen LogP contribution < -0.4 is 10.6 Å². The molecule has 0 unspecified atom stereocenters. The van der Waals surface area contributed by atoms with Gasteiger partial charge in [-0.05, 0) is 53.6 Å². The van der Waals surface area contributed by atoms with Crippen molar-refractivity contribution in [2.45, 2.75) is 32.1 Å². The molecule has 3 N–H and O–H groups in total. The van der Waals surface area contributed by atoms with Crippen molar-refractivity contribution in [3.8, 4) is 0 Å². The maximum Gasteiger partial charge on any atom is 0.319 e. The van der Waals surface area contributed by atoms with E-state index in [0.29, 0.717) is 13.0 Å². The van der Waals surface area contributed by atoms with Crippen LogP contribution in [-0.2, 0) is 4.79 Å². The summed E-state index contributed by atoms with van der Waals surface area (Å²) in [5.41, 5.74) is 0.774. The second-order valence-electron chi connectivity index (χ2n) is 4.45. The first kappa shape index (κ1) is 16.7. The van der Waals surface area contributed by atoms with Gasteiger partial charge in [0.15, 0.2) is 0 Å². The third-order valence-electron chi connectivity index (χ3n) is 2.69. The fourth-order valence-corrected chi connectivity index (χ4v) is 2.24. The van der Waals surface area contributed by atoms with Crippen LogP contribution in [0.3, 0.4) is 0 Å². The van der Waals surface area contributed by atoms with Crippen molar-refractivity contribution in [2.24, 2.45) is 0 Å². The number of halogens is 1. The van der Waals surface area contributed by atoms with Gasteiger partial charge in [-0.25, -0.2) is 4.79 Å². The van der Waals surface area contributed by atoms with Gasteiger partial charge in [-0.15, -0.1) is 0 Å². The van der Waals surface area contributed by atoms with E-state index in [-0.39, 0.29) is 12.5 Å². The summed E-state index contributed by atoms with van der Waals surface area (Å²) in [5, 5.41) is 14.0. The van der Waals surface area contributed by atoms with Gasteiger partial charge in [0.1, 0.15) is 0 Å². The van der Waals surface area contributed by atoms with Crippen molar-refractivity contribution in [3.05, 3.63) is 27.8 Å². The van der Waals surface area contributed by atoms with E-state index in [4.69, 9.17) is 5.11 Å². The summed E-state index contributed by atoms with van der Waals surface area (Å²) in [6.07, 6.45) is 3.59. The largest absolute Gasteiger partial charge is 0.481 e. The predicted molar refractivity (Wildman–Crippen MR) is 86.9 cm³/mol. The Bertz CT molecular complexity index is 452. The molecule has 2 amide bonds. The summed E-state index contributed by atoms with van der Waals surface area (Å²) >= 11 is 2.19. The number of aliphatic carboxylic acids is 1. The highest BCUT2D eigenvalue weighted by molar-refractivity contribution is 14.1.